The molecule has 106 valence electrons. The van der Waals surface area contributed by atoms with Gasteiger partial charge in [-0.25, -0.2) is 28.1 Å². The normalized spacial score (nSPS) is 11.4. The van der Waals surface area contributed by atoms with Crippen molar-refractivity contribution >= 4 is 39.2 Å². The molecule has 0 saturated heterocycles. The van der Waals surface area contributed by atoms with Crippen molar-refractivity contribution < 1.29 is 8.42 Å². The van der Waals surface area contributed by atoms with Gasteiger partial charge in [0, 0.05) is 17.6 Å². The molecule has 0 atom stereocenters. The molecule has 2 aromatic rings. The first kappa shape index (κ1) is 15.0. The van der Waals surface area contributed by atoms with E-state index in [1.165, 1.54) is 6.07 Å². The van der Waals surface area contributed by atoms with Crippen molar-refractivity contribution in [2.24, 2.45) is 0 Å². The number of aromatic nitrogens is 3. The largest absolute Gasteiger partial charge is 0.265 e. The van der Waals surface area contributed by atoms with Crippen LogP contribution >= 0.6 is 23.2 Å². The summed E-state index contributed by atoms with van der Waals surface area (Å²) in [5.41, 5.74) is 1.31. The van der Waals surface area contributed by atoms with Gasteiger partial charge in [-0.15, -0.1) is 0 Å². The second-order valence-electron chi connectivity index (χ2n) is 4.02. The first-order chi connectivity index (χ1) is 9.28. The van der Waals surface area contributed by atoms with Crippen molar-refractivity contribution in [2.45, 2.75) is 18.7 Å². The summed E-state index contributed by atoms with van der Waals surface area (Å²) in [5, 5.41) is 0.0872. The molecule has 0 amide bonds. The Hall–Kier alpha value is -1.44. The average molecular weight is 333 g/mol. The zero-order chi connectivity index (χ0) is 14.9. The minimum atomic E-state index is -3.87. The third kappa shape index (κ3) is 3.36. The van der Waals surface area contributed by atoms with Crippen molar-refractivity contribution in [1.82, 2.24) is 15.0 Å². The maximum atomic E-state index is 12.2. The van der Waals surface area contributed by atoms with Crippen LogP contribution < -0.4 is 4.72 Å². The Morgan fingerprint density at radius 2 is 1.70 bits per heavy atom. The monoisotopic (exact) mass is 332 g/mol. The highest BCUT2D eigenvalue weighted by Crippen LogP contribution is 2.23. The summed E-state index contributed by atoms with van der Waals surface area (Å²) >= 11 is 11.4. The van der Waals surface area contributed by atoms with E-state index in [0.29, 0.717) is 11.4 Å². The second-order valence-corrected chi connectivity index (χ2v) is 6.47. The number of pyridine rings is 1. The number of nitrogens with zero attached hydrogens (tertiary/aromatic N) is 3. The molecule has 2 heterocycles. The number of hydrogen-bond acceptors (Lipinski definition) is 5. The van der Waals surface area contributed by atoms with Crippen LogP contribution in [-0.2, 0) is 10.0 Å². The van der Waals surface area contributed by atoms with Crippen molar-refractivity contribution in [3.8, 4) is 0 Å². The Balaban J connectivity index is 2.37. The topological polar surface area (TPSA) is 84.8 Å². The van der Waals surface area contributed by atoms with E-state index < -0.39 is 10.0 Å². The third-order valence-corrected chi connectivity index (χ3v) is 4.27. The maximum absolute atomic E-state index is 12.2. The van der Waals surface area contributed by atoms with Crippen molar-refractivity contribution in [3.63, 3.8) is 0 Å². The molecule has 0 fully saturated rings. The molecule has 0 spiro atoms. The van der Waals surface area contributed by atoms with E-state index in [4.69, 9.17) is 23.2 Å². The molecule has 0 aromatic carbocycles. The molecule has 6 nitrogen and oxygen atoms in total. The quantitative estimate of drug-likeness (QED) is 0.873. The van der Waals surface area contributed by atoms with Gasteiger partial charge < -0.3 is 0 Å². The minimum absolute atomic E-state index is 0.00595. The molecule has 0 aliphatic carbocycles. The Labute approximate surface area is 126 Å². The fraction of sp³-hybridized carbons (Fsp3) is 0.182. The zero-order valence-corrected chi connectivity index (χ0v) is 12.9. The minimum Gasteiger partial charge on any atom is -0.247 e. The van der Waals surface area contributed by atoms with Gasteiger partial charge in [0.1, 0.15) is 10.0 Å². The van der Waals surface area contributed by atoms with E-state index in [1.807, 2.05) is 0 Å². The van der Waals surface area contributed by atoms with Gasteiger partial charge in [0.05, 0.1) is 5.02 Å². The van der Waals surface area contributed by atoms with Gasteiger partial charge in [-0.1, -0.05) is 23.2 Å². The molecule has 2 rings (SSSR count). The maximum Gasteiger partial charge on any atom is 0.265 e. The van der Waals surface area contributed by atoms with Gasteiger partial charge >= 0.3 is 0 Å². The third-order valence-electron chi connectivity index (χ3n) is 2.29. The Morgan fingerprint density at radius 1 is 1.10 bits per heavy atom. The van der Waals surface area contributed by atoms with Crippen LogP contribution in [0.5, 0.6) is 0 Å². The van der Waals surface area contributed by atoms with E-state index in [0.717, 1.165) is 6.20 Å². The SMILES string of the molecule is Cc1cc(C)nc(NS(=O)(=O)c2cnc(Cl)c(Cl)c2)n1. The van der Waals surface area contributed by atoms with Crippen LogP contribution in [0.15, 0.2) is 23.2 Å². The number of sulfonamides is 1. The van der Waals surface area contributed by atoms with Crippen molar-refractivity contribution in [2.75, 3.05) is 4.72 Å². The van der Waals surface area contributed by atoms with E-state index in [2.05, 4.69) is 19.7 Å². The fourth-order valence-corrected chi connectivity index (χ4v) is 2.75. The smallest absolute Gasteiger partial charge is 0.247 e. The molecule has 0 saturated carbocycles. The molecule has 2 aromatic heterocycles. The van der Waals surface area contributed by atoms with Crippen LogP contribution in [0.2, 0.25) is 10.2 Å². The predicted molar refractivity (Wildman–Crippen MR) is 76.6 cm³/mol. The highest BCUT2D eigenvalue weighted by Gasteiger charge is 2.18. The van der Waals surface area contributed by atoms with Crippen LogP contribution in [0, 0.1) is 13.8 Å². The first-order valence-electron chi connectivity index (χ1n) is 5.44. The molecular formula is C11H10Cl2N4O2S. The van der Waals surface area contributed by atoms with Gasteiger partial charge in [0.2, 0.25) is 5.95 Å². The summed E-state index contributed by atoms with van der Waals surface area (Å²) in [5.74, 6) is -0.00595. The lowest BCUT2D eigenvalue weighted by molar-refractivity contribution is 0.600. The van der Waals surface area contributed by atoms with Crippen LogP contribution in [0.25, 0.3) is 0 Å². The summed E-state index contributed by atoms with van der Waals surface area (Å²) in [6.07, 6.45) is 1.11. The number of aryl methyl sites for hydroxylation is 2. The van der Waals surface area contributed by atoms with Crippen molar-refractivity contribution in [3.05, 3.63) is 39.9 Å². The summed E-state index contributed by atoms with van der Waals surface area (Å²) in [6, 6.07) is 2.94. The van der Waals surface area contributed by atoms with Crippen LogP contribution in [0.3, 0.4) is 0 Å². The number of anilines is 1. The molecule has 20 heavy (non-hydrogen) atoms. The average Bonchev–Trinajstić information content (AvgIpc) is 2.30. The standard InChI is InChI=1S/C11H10Cl2N4O2S/c1-6-3-7(2)16-11(15-6)17-20(18,19)8-4-9(12)10(13)14-5-8/h3-5H,1-2H3,(H,15,16,17). The summed E-state index contributed by atoms with van der Waals surface area (Å²) in [7, 11) is -3.87. The van der Waals surface area contributed by atoms with E-state index in [-0.39, 0.29) is 21.0 Å². The summed E-state index contributed by atoms with van der Waals surface area (Å²) in [4.78, 5) is 11.6. The zero-order valence-electron chi connectivity index (χ0n) is 10.6. The number of nitrogens with one attached hydrogen (secondary N) is 1. The molecule has 0 bridgehead atoms. The highest BCUT2D eigenvalue weighted by molar-refractivity contribution is 7.92. The Morgan fingerprint density at radius 3 is 2.25 bits per heavy atom. The number of hydrogen-bond donors (Lipinski definition) is 1. The van der Waals surface area contributed by atoms with Crippen molar-refractivity contribution in [1.29, 1.82) is 0 Å². The Bertz CT molecular complexity index is 745. The molecule has 0 aliphatic rings. The lowest BCUT2D eigenvalue weighted by atomic mass is 10.4. The molecule has 9 heteroatoms. The van der Waals surface area contributed by atoms with Gasteiger partial charge in [0.25, 0.3) is 10.0 Å². The summed E-state index contributed by atoms with van der Waals surface area (Å²) < 4.78 is 26.6. The first-order valence-corrected chi connectivity index (χ1v) is 7.68. The number of halogens is 2. The molecule has 0 aliphatic heterocycles. The second kappa shape index (κ2) is 5.51. The molecular weight excluding hydrogens is 323 g/mol. The van der Waals surface area contributed by atoms with E-state index in [9.17, 15) is 8.42 Å². The fourth-order valence-electron chi connectivity index (χ4n) is 1.50. The van der Waals surface area contributed by atoms with E-state index in [1.54, 1.807) is 19.9 Å². The molecule has 1 N–H and O–H groups in total. The molecule has 0 unspecified atom stereocenters. The Kier molecular flexibility index (Phi) is 4.12. The van der Waals surface area contributed by atoms with Gasteiger partial charge in [0.15, 0.2) is 0 Å². The lowest BCUT2D eigenvalue weighted by Crippen LogP contribution is -2.16. The number of rotatable bonds is 3. The predicted octanol–water partition coefficient (Wildman–Crippen LogP) is 2.60. The molecule has 0 radical (unpaired) electrons. The lowest BCUT2D eigenvalue weighted by Gasteiger charge is -2.08. The van der Waals surface area contributed by atoms with E-state index >= 15 is 0 Å². The van der Waals surface area contributed by atoms with Gasteiger partial charge in [-0.2, -0.15) is 0 Å². The van der Waals surface area contributed by atoms with Gasteiger partial charge in [-0.3, -0.25) is 0 Å². The van der Waals surface area contributed by atoms with Crippen LogP contribution in [-0.4, -0.2) is 23.4 Å². The summed E-state index contributed by atoms with van der Waals surface area (Å²) in [6.45, 7) is 3.49. The van der Waals surface area contributed by atoms with Crippen LogP contribution in [0.1, 0.15) is 11.4 Å². The highest BCUT2D eigenvalue weighted by atomic mass is 35.5. The van der Waals surface area contributed by atoms with Crippen LogP contribution in [0.4, 0.5) is 5.95 Å². The van der Waals surface area contributed by atoms with Gasteiger partial charge in [-0.05, 0) is 26.0 Å².